The molecular weight excluding hydrogens is 484 g/mol. The summed E-state index contributed by atoms with van der Waals surface area (Å²) < 4.78 is 6.30. The van der Waals surface area contributed by atoms with Gasteiger partial charge in [-0.05, 0) is 50.0 Å². The summed E-state index contributed by atoms with van der Waals surface area (Å²) in [6, 6.07) is 5.73. The maximum atomic E-state index is 13.5. The molecule has 0 saturated carbocycles. The number of hydrogen-bond donors (Lipinski definition) is 2. The highest BCUT2D eigenvalue weighted by atomic mass is 79.9. The SMILES string of the molecule is Cc1c(/C=C2\C(=O)Nc3cccc(Br)c32)[nH]c2c1C(=O)N(CCCN1CCOCC1)CCC2. The predicted molar refractivity (Wildman–Crippen MR) is 132 cm³/mol. The third-order valence-corrected chi connectivity index (χ3v) is 7.45. The van der Waals surface area contributed by atoms with Crippen molar-refractivity contribution in [2.24, 2.45) is 0 Å². The van der Waals surface area contributed by atoms with Gasteiger partial charge in [-0.2, -0.15) is 0 Å². The molecule has 5 rings (SSSR count). The van der Waals surface area contributed by atoms with Crippen molar-refractivity contribution in [1.29, 1.82) is 0 Å². The number of aromatic nitrogens is 1. The first-order valence-corrected chi connectivity index (χ1v) is 12.4. The minimum atomic E-state index is -0.128. The van der Waals surface area contributed by atoms with Crippen LogP contribution in [0.1, 0.15) is 45.7 Å². The summed E-state index contributed by atoms with van der Waals surface area (Å²) in [5.74, 6) is -0.0301. The Morgan fingerprint density at radius 3 is 2.76 bits per heavy atom. The molecule has 0 radical (unpaired) electrons. The average Bonchev–Trinajstić information content (AvgIpc) is 3.24. The van der Waals surface area contributed by atoms with E-state index in [0.29, 0.717) is 5.57 Å². The molecule has 2 amide bonds. The number of rotatable bonds is 5. The molecule has 2 aromatic rings. The van der Waals surface area contributed by atoms with E-state index in [1.54, 1.807) is 0 Å². The maximum absolute atomic E-state index is 13.5. The molecule has 7 nitrogen and oxygen atoms in total. The van der Waals surface area contributed by atoms with Crippen molar-refractivity contribution < 1.29 is 14.3 Å². The van der Waals surface area contributed by atoms with E-state index in [-0.39, 0.29) is 11.8 Å². The van der Waals surface area contributed by atoms with E-state index in [9.17, 15) is 9.59 Å². The van der Waals surface area contributed by atoms with E-state index in [2.05, 4.69) is 31.1 Å². The van der Waals surface area contributed by atoms with Gasteiger partial charge in [0.05, 0.1) is 30.0 Å². The lowest BCUT2D eigenvalue weighted by Crippen LogP contribution is -2.39. The van der Waals surface area contributed by atoms with Crippen LogP contribution in [0.25, 0.3) is 11.6 Å². The second-order valence-electron chi connectivity index (χ2n) is 8.90. The fourth-order valence-corrected chi connectivity index (χ4v) is 5.60. The van der Waals surface area contributed by atoms with Crippen LogP contribution in [0.4, 0.5) is 5.69 Å². The molecule has 3 aliphatic rings. The van der Waals surface area contributed by atoms with Gasteiger partial charge in [-0.15, -0.1) is 0 Å². The summed E-state index contributed by atoms with van der Waals surface area (Å²) in [5, 5.41) is 2.93. The number of carbonyl (C=O) groups is 2. The number of hydrogen-bond acceptors (Lipinski definition) is 4. The minimum absolute atomic E-state index is 0.0975. The van der Waals surface area contributed by atoms with Gasteiger partial charge in [0.2, 0.25) is 0 Å². The number of ether oxygens (including phenoxy) is 1. The number of fused-ring (bicyclic) bond motifs is 2. The molecule has 3 aliphatic heterocycles. The van der Waals surface area contributed by atoms with Gasteiger partial charge in [0.15, 0.2) is 0 Å². The number of anilines is 1. The highest BCUT2D eigenvalue weighted by Gasteiger charge is 2.30. The van der Waals surface area contributed by atoms with Crippen molar-refractivity contribution in [3.63, 3.8) is 0 Å². The van der Waals surface area contributed by atoms with Crippen LogP contribution in [0.3, 0.4) is 0 Å². The number of aromatic amines is 1. The Balaban J connectivity index is 1.37. The van der Waals surface area contributed by atoms with Crippen molar-refractivity contribution in [1.82, 2.24) is 14.8 Å². The van der Waals surface area contributed by atoms with Crippen LogP contribution < -0.4 is 5.32 Å². The van der Waals surface area contributed by atoms with Gasteiger partial charge >= 0.3 is 0 Å². The number of nitrogens with zero attached hydrogens (tertiary/aromatic N) is 2. The normalized spacial score (nSPS) is 20.1. The maximum Gasteiger partial charge on any atom is 0.256 e. The number of amides is 2. The molecule has 0 bridgehead atoms. The van der Waals surface area contributed by atoms with Gasteiger partial charge in [-0.25, -0.2) is 0 Å². The van der Waals surface area contributed by atoms with Crippen LogP contribution >= 0.6 is 15.9 Å². The fraction of sp³-hybridized carbons (Fsp3) is 0.440. The Labute approximate surface area is 202 Å². The first-order chi connectivity index (χ1) is 16.0. The number of morpholine rings is 1. The Morgan fingerprint density at radius 1 is 1.12 bits per heavy atom. The standard InChI is InChI=1S/C25H29BrN4O3/c1-16-21(15-17-23-18(26)5-2-6-20(23)28-24(17)31)27-19-7-3-9-30(25(32)22(16)19)10-4-8-29-11-13-33-14-12-29/h2,5-6,15,27H,3-4,7-14H2,1H3,(H,28,31)/b17-15-. The van der Waals surface area contributed by atoms with Gasteiger partial charge in [0, 0.05) is 54.1 Å². The van der Waals surface area contributed by atoms with Gasteiger partial charge in [-0.3, -0.25) is 14.5 Å². The Bertz CT molecular complexity index is 1120. The molecule has 33 heavy (non-hydrogen) atoms. The fourth-order valence-electron chi connectivity index (χ4n) is 5.02. The number of H-pyrrole nitrogens is 1. The molecule has 1 saturated heterocycles. The highest BCUT2D eigenvalue weighted by molar-refractivity contribution is 9.10. The third-order valence-electron chi connectivity index (χ3n) is 6.79. The van der Waals surface area contributed by atoms with Crippen molar-refractivity contribution >= 4 is 45.1 Å². The highest BCUT2D eigenvalue weighted by Crippen LogP contribution is 2.39. The van der Waals surface area contributed by atoms with E-state index in [0.717, 1.165) is 103 Å². The zero-order valence-corrected chi connectivity index (χ0v) is 20.5. The Kier molecular flexibility index (Phi) is 6.40. The monoisotopic (exact) mass is 512 g/mol. The Hall–Kier alpha value is -2.42. The van der Waals surface area contributed by atoms with Crippen molar-refractivity contribution in [3.05, 3.63) is 50.8 Å². The van der Waals surface area contributed by atoms with Gasteiger partial charge in [0.1, 0.15) is 0 Å². The second-order valence-corrected chi connectivity index (χ2v) is 9.75. The minimum Gasteiger partial charge on any atom is -0.379 e. The zero-order valence-electron chi connectivity index (χ0n) is 18.9. The number of carbonyl (C=O) groups excluding carboxylic acids is 2. The summed E-state index contributed by atoms with van der Waals surface area (Å²) in [5.41, 5.74) is 5.76. The largest absolute Gasteiger partial charge is 0.379 e. The van der Waals surface area contributed by atoms with Crippen molar-refractivity contribution in [2.45, 2.75) is 26.2 Å². The van der Waals surface area contributed by atoms with E-state index < -0.39 is 0 Å². The van der Waals surface area contributed by atoms with Crippen molar-refractivity contribution in [2.75, 3.05) is 51.3 Å². The Morgan fingerprint density at radius 2 is 1.94 bits per heavy atom. The molecule has 1 aromatic heterocycles. The molecule has 1 fully saturated rings. The number of benzene rings is 1. The molecule has 174 valence electrons. The molecule has 0 aliphatic carbocycles. The summed E-state index contributed by atoms with van der Waals surface area (Å²) in [4.78, 5) is 34.0. The van der Waals surface area contributed by atoms with Crippen LogP contribution in [-0.2, 0) is 16.0 Å². The van der Waals surface area contributed by atoms with Crippen molar-refractivity contribution in [3.8, 4) is 0 Å². The number of nitrogens with one attached hydrogen (secondary N) is 2. The third kappa shape index (κ3) is 4.39. The summed E-state index contributed by atoms with van der Waals surface area (Å²) in [6.45, 7) is 8.05. The zero-order chi connectivity index (χ0) is 22.9. The molecule has 4 heterocycles. The van der Waals surface area contributed by atoms with E-state index >= 15 is 0 Å². The van der Waals surface area contributed by atoms with Crippen LogP contribution in [0.15, 0.2) is 22.7 Å². The molecule has 0 unspecified atom stereocenters. The van der Waals surface area contributed by atoms with Crippen LogP contribution in [-0.4, -0.2) is 72.5 Å². The number of halogens is 1. The van der Waals surface area contributed by atoms with E-state index in [1.807, 2.05) is 36.1 Å². The van der Waals surface area contributed by atoms with Gasteiger partial charge in [-0.1, -0.05) is 22.0 Å². The first-order valence-electron chi connectivity index (χ1n) is 11.7. The molecule has 8 heteroatoms. The summed E-state index contributed by atoms with van der Waals surface area (Å²) >= 11 is 3.57. The second kappa shape index (κ2) is 9.44. The van der Waals surface area contributed by atoms with Crippen LogP contribution in [0.5, 0.6) is 0 Å². The average molecular weight is 513 g/mol. The summed E-state index contributed by atoms with van der Waals surface area (Å²) in [7, 11) is 0. The van der Waals surface area contributed by atoms with Gasteiger partial charge < -0.3 is 19.9 Å². The lowest BCUT2D eigenvalue weighted by molar-refractivity contribution is -0.110. The van der Waals surface area contributed by atoms with E-state index in [1.165, 1.54) is 0 Å². The first kappa shape index (κ1) is 22.4. The predicted octanol–water partition coefficient (Wildman–Crippen LogP) is 3.69. The van der Waals surface area contributed by atoms with Gasteiger partial charge in [0.25, 0.3) is 11.8 Å². The van der Waals surface area contributed by atoms with Crippen LogP contribution in [0, 0.1) is 6.92 Å². The molecule has 1 aromatic carbocycles. The molecule has 2 N–H and O–H groups in total. The molecule has 0 spiro atoms. The topological polar surface area (TPSA) is 77.7 Å². The summed E-state index contributed by atoms with van der Waals surface area (Å²) in [6.07, 6.45) is 4.61. The lowest BCUT2D eigenvalue weighted by Gasteiger charge is -2.28. The number of aryl methyl sites for hydroxylation is 1. The lowest BCUT2D eigenvalue weighted by atomic mass is 10.0. The quantitative estimate of drug-likeness (QED) is 0.598. The van der Waals surface area contributed by atoms with E-state index in [4.69, 9.17) is 4.74 Å². The smallest absolute Gasteiger partial charge is 0.256 e. The molecular formula is C25H29BrN4O3. The van der Waals surface area contributed by atoms with Crippen LogP contribution in [0.2, 0.25) is 0 Å². The molecule has 0 atom stereocenters.